The second-order valence-corrected chi connectivity index (χ2v) is 4.31. The highest BCUT2D eigenvalue weighted by molar-refractivity contribution is 6.30. The minimum Gasteiger partial charge on any atom is -0.396 e. The summed E-state index contributed by atoms with van der Waals surface area (Å²) < 4.78 is 0. The third kappa shape index (κ3) is 5.68. The first-order valence-corrected chi connectivity index (χ1v) is 5.84. The fraction of sp³-hybridized carbons (Fsp3) is 0.417. The molecule has 0 unspecified atom stereocenters. The Balaban J connectivity index is 2.39. The topological polar surface area (TPSA) is 52.6 Å². The van der Waals surface area contributed by atoms with Gasteiger partial charge in [0.15, 0.2) is 0 Å². The summed E-state index contributed by atoms with van der Waals surface area (Å²) in [5.41, 5.74) is 0.693. The maximum absolute atomic E-state index is 11.6. The predicted octanol–water partition coefficient (Wildman–Crippen LogP) is 1.59. The molecular formula is C12H17ClN2O2. The fourth-order valence-corrected chi connectivity index (χ4v) is 1.62. The minimum absolute atomic E-state index is 0.0901. The zero-order valence-electron chi connectivity index (χ0n) is 9.82. The van der Waals surface area contributed by atoms with Crippen molar-refractivity contribution >= 4 is 23.2 Å². The van der Waals surface area contributed by atoms with Crippen LogP contribution in [0.1, 0.15) is 6.42 Å². The number of aliphatic hydroxyl groups is 1. The van der Waals surface area contributed by atoms with Crippen LogP contribution in [0.25, 0.3) is 0 Å². The Morgan fingerprint density at radius 1 is 1.53 bits per heavy atom. The largest absolute Gasteiger partial charge is 0.396 e. The van der Waals surface area contributed by atoms with Crippen LogP contribution in [-0.4, -0.2) is 42.7 Å². The number of nitrogens with one attached hydrogen (secondary N) is 1. The SMILES string of the molecule is CN(CCCO)CC(=O)Nc1cccc(Cl)c1. The van der Waals surface area contributed by atoms with Crippen molar-refractivity contribution in [3.8, 4) is 0 Å². The van der Waals surface area contributed by atoms with E-state index in [1.54, 1.807) is 24.3 Å². The Morgan fingerprint density at radius 2 is 2.29 bits per heavy atom. The van der Waals surface area contributed by atoms with E-state index < -0.39 is 0 Å². The average molecular weight is 257 g/mol. The Hall–Kier alpha value is -1.10. The van der Waals surface area contributed by atoms with Crippen LogP contribution in [0.4, 0.5) is 5.69 Å². The van der Waals surface area contributed by atoms with Gasteiger partial charge in [-0.3, -0.25) is 9.69 Å². The van der Waals surface area contributed by atoms with Crippen molar-refractivity contribution in [1.29, 1.82) is 0 Å². The third-order valence-corrected chi connectivity index (χ3v) is 2.45. The van der Waals surface area contributed by atoms with E-state index in [0.29, 0.717) is 30.2 Å². The van der Waals surface area contributed by atoms with Crippen LogP contribution in [0.5, 0.6) is 0 Å². The molecule has 0 saturated heterocycles. The van der Waals surface area contributed by atoms with Gasteiger partial charge in [0.2, 0.25) is 5.91 Å². The molecule has 1 amide bonds. The molecule has 4 nitrogen and oxygen atoms in total. The monoisotopic (exact) mass is 256 g/mol. The van der Waals surface area contributed by atoms with Gasteiger partial charge < -0.3 is 10.4 Å². The van der Waals surface area contributed by atoms with Crippen molar-refractivity contribution < 1.29 is 9.90 Å². The molecular weight excluding hydrogens is 240 g/mol. The fourth-order valence-electron chi connectivity index (χ4n) is 1.43. The maximum atomic E-state index is 11.6. The molecule has 5 heteroatoms. The van der Waals surface area contributed by atoms with E-state index in [-0.39, 0.29) is 12.5 Å². The van der Waals surface area contributed by atoms with Gasteiger partial charge in [-0.05, 0) is 31.7 Å². The number of amides is 1. The zero-order chi connectivity index (χ0) is 12.7. The number of carbonyl (C=O) groups excluding carboxylic acids is 1. The second kappa shape index (κ2) is 7.27. The van der Waals surface area contributed by atoms with Crippen molar-refractivity contribution in [2.75, 3.05) is 32.1 Å². The first-order chi connectivity index (χ1) is 8.11. The molecule has 1 aromatic carbocycles. The highest BCUT2D eigenvalue weighted by atomic mass is 35.5. The van der Waals surface area contributed by atoms with Gasteiger partial charge in [-0.1, -0.05) is 17.7 Å². The van der Waals surface area contributed by atoms with Gasteiger partial charge in [-0.15, -0.1) is 0 Å². The van der Waals surface area contributed by atoms with E-state index in [1.165, 1.54) is 0 Å². The van der Waals surface area contributed by atoms with Crippen LogP contribution in [0.2, 0.25) is 5.02 Å². The van der Waals surface area contributed by atoms with E-state index >= 15 is 0 Å². The standard InChI is InChI=1S/C12H17ClN2O2/c1-15(6-3-7-16)9-12(17)14-11-5-2-4-10(13)8-11/h2,4-5,8,16H,3,6-7,9H2,1H3,(H,14,17). The lowest BCUT2D eigenvalue weighted by Crippen LogP contribution is -2.31. The molecule has 0 aliphatic carbocycles. The quantitative estimate of drug-likeness (QED) is 0.813. The van der Waals surface area contributed by atoms with Crippen molar-refractivity contribution in [1.82, 2.24) is 4.90 Å². The van der Waals surface area contributed by atoms with Crippen LogP contribution >= 0.6 is 11.6 Å². The number of halogens is 1. The summed E-state index contributed by atoms with van der Waals surface area (Å²) >= 11 is 5.81. The van der Waals surface area contributed by atoms with Crippen LogP contribution in [0.3, 0.4) is 0 Å². The second-order valence-electron chi connectivity index (χ2n) is 3.87. The molecule has 0 aliphatic heterocycles. The van der Waals surface area contributed by atoms with E-state index in [0.717, 1.165) is 0 Å². The number of rotatable bonds is 6. The molecule has 0 aliphatic rings. The number of anilines is 1. The summed E-state index contributed by atoms with van der Waals surface area (Å²) in [4.78, 5) is 13.5. The van der Waals surface area contributed by atoms with Gasteiger partial charge >= 0.3 is 0 Å². The van der Waals surface area contributed by atoms with Crippen molar-refractivity contribution in [2.45, 2.75) is 6.42 Å². The van der Waals surface area contributed by atoms with Gasteiger partial charge in [0, 0.05) is 23.9 Å². The molecule has 1 rings (SSSR count). The zero-order valence-corrected chi connectivity index (χ0v) is 10.6. The summed E-state index contributed by atoms with van der Waals surface area (Å²) in [6.45, 7) is 1.13. The highest BCUT2D eigenvalue weighted by Crippen LogP contribution is 2.14. The summed E-state index contributed by atoms with van der Waals surface area (Å²) in [5.74, 6) is -0.0901. The van der Waals surface area contributed by atoms with E-state index in [2.05, 4.69) is 5.32 Å². The van der Waals surface area contributed by atoms with Crippen LogP contribution < -0.4 is 5.32 Å². The first-order valence-electron chi connectivity index (χ1n) is 5.46. The molecule has 0 atom stereocenters. The van der Waals surface area contributed by atoms with E-state index in [4.69, 9.17) is 16.7 Å². The maximum Gasteiger partial charge on any atom is 0.238 e. The Kier molecular flexibility index (Phi) is 5.97. The molecule has 0 radical (unpaired) electrons. The normalized spacial score (nSPS) is 10.6. The predicted molar refractivity (Wildman–Crippen MR) is 69.3 cm³/mol. The van der Waals surface area contributed by atoms with Crippen LogP contribution in [0.15, 0.2) is 24.3 Å². The molecule has 0 bridgehead atoms. The Bertz CT molecular complexity index is 371. The number of benzene rings is 1. The molecule has 17 heavy (non-hydrogen) atoms. The number of aliphatic hydroxyl groups excluding tert-OH is 1. The molecule has 2 N–H and O–H groups in total. The number of likely N-dealkylation sites (N-methyl/N-ethyl adjacent to an activating group) is 1. The summed E-state index contributed by atoms with van der Waals surface area (Å²) in [7, 11) is 1.84. The van der Waals surface area contributed by atoms with Gasteiger partial charge in [-0.2, -0.15) is 0 Å². The molecule has 1 aromatic rings. The van der Waals surface area contributed by atoms with Crippen molar-refractivity contribution in [3.63, 3.8) is 0 Å². The van der Waals surface area contributed by atoms with Gasteiger partial charge in [0.1, 0.15) is 0 Å². The Morgan fingerprint density at radius 3 is 2.94 bits per heavy atom. The molecule has 0 aromatic heterocycles. The van der Waals surface area contributed by atoms with Crippen LogP contribution in [-0.2, 0) is 4.79 Å². The smallest absolute Gasteiger partial charge is 0.238 e. The molecule has 0 heterocycles. The summed E-state index contributed by atoms with van der Waals surface area (Å²) in [5, 5.41) is 12.0. The third-order valence-electron chi connectivity index (χ3n) is 2.22. The highest BCUT2D eigenvalue weighted by Gasteiger charge is 2.06. The van der Waals surface area contributed by atoms with Crippen LogP contribution in [0, 0.1) is 0 Å². The molecule has 0 fully saturated rings. The number of hydrogen-bond donors (Lipinski definition) is 2. The summed E-state index contributed by atoms with van der Waals surface area (Å²) in [6, 6.07) is 7.03. The molecule has 0 spiro atoms. The van der Waals surface area contributed by atoms with E-state index in [1.807, 2.05) is 11.9 Å². The Labute approximate surface area is 106 Å². The van der Waals surface area contributed by atoms with Crippen molar-refractivity contribution in [2.24, 2.45) is 0 Å². The summed E-state index contributed by atoms with van der Waals surface area (Å²) in [6.07, 6.45) is 0.668. The minimum atomic E-state index is -0.0901. The average Bonchev–Trinajstić information content (AvgIpc) is 2.26. The van der Waals surface area contributed by atoms with Gasteiger partial charge in [0.25, 0.3) is 0 Å². The lowest BCUT2D eigenvalue weighted by Gasteiger charge is -2.15. The molecule has 94 valence electrons. The number of hydrogen-bond acceptors (Lipinski definition) is 3. The van der Waals surface area contributed by atoms with Gasteiger partial charge in [0.05, 0.1) is 6.54 Å². The van der Waals surface area contributed by atoms with Gasteiger partial charge in [-0.25, -0.2) is 0 Å². The van der Waals surface area contributed by atoms with Crippen molar-refractivity contribution in [3.05, 3.63) is 29.3 Å². The van der Waals surface area contributed by atoms with E-state index in [9.17, 15) is 4.79 Å². The lowest BCUT2D eigenvalue weighted by molar-refractivity contribution is -0.117. The molecule has 0 saturated carbocycles. The number of carbonyl (C=O) groups is 1. The lowest BCUT2D eigenvalue weighted by atomic mass is 10.3. The number of nitrogens with zero attached hydrogens (tertiary/aromatic N) is 1. The first kappa shape index (κ1) is 14.0.